The zero-order chi connectivity index (χ0) is 20.3. The van der Waals surface area contributed by atoms with Crippen molar-refractivity contribution >= 4 is 28.9 Å². The Labute approximate surface area is 162 Å². The van der Waals surface area contributed by atoms with Gasteiger partial charge in [-0.15, -0.1) is 0 Å². The number of nitrogens with zero attached hydrogens (tertiary/aromatic N) is 1. The molecular formula is C18H12ClFN2O6. The molecule has 8 nitrogen and oxygen atoms in total. The van der Waals surface area contributed by atoms with E-state index in [4.69, 9.17) is 20.8 Å². The molecule has 2 aromatic carbocycles. The highest BCUT2D eigenvalue weighted by molar-refractivity contribution is 6.32. The molecule has 0 spiro atoms. The number of carbonyl (C=O) groups excluding carboxylic acids is 1. The van der Waals surface area contributed by atoms with E-state index in [9.17, 15) is 24.4 Å². The second-order valence-corrected chi connectivity index (χ2v) is 5.95. The molecule has 0 aliphatic rings. The van der Waals surface area contributed by atoms with E-state index in [1.165, 1.54) is 30.3 Å². The molecule has 0 aliphatic heterocycles. The number of aromatic hydroxyl groups is 1. The lowest BCUT2D eigenvalue weighted by atomic mass is 10.2. The Balaban J connectivity index is 1.64. The SMILES string of the molecule is O=C(Nc1ccc([N+](=O)[O-])cc1O)c1ccc(COc2ccc(F)cc2Cl)o1. The van der Waals surface area contributed by atoms with Crippen molar-refractivity contribution in [3.05, 3.63) is 81.0 Å². The molecule has 10 heteroatoms. The Morgan fingerprint density at radius 2 is 2.04 bits per heavy atom. The summed E-state index contributed by atoms with van der Waals surface area (Å²) in [5, 5.41) is 22.9. The van der Waals surface area contributed by atoms with Crippen LogP contribution in [0.2, 0.25) is 5.02 Å². The summed E-state index contributed by atoms with van der Waals surface area (Å²) in [7, 11) is 0. The zero-order valence-electron chi connectivity index (χ0n) is 14.0. The molecular weight excluding hydrogens is 395 g/mol. The number of anilines is 1. The van der Waals surface area contributed by atoms with Gasteiger partial charge in [0.15, 0.2) is 5.76 Å². The first-order valence-corrected chi connectivity index (χ1v) is 8.16. The molecule has 3 rings (SSSR count). The van der Waals surface area contributed by atoms with E-state index >= 15 is 0 Å². The van der Waals surface area contributed by atoms with Gasteiger partial charge in [-0.25, -0.2) is 4.39 Å². The van der Waals surface area contributed by atoms with Crippen LogP contribution in [-0.4, -0.2) is 15.9 Å². The maximum Gasteiger partial charge on any atom is 0.291 e. The molecule has 0 radical (unpaired) electrons. The summed E-state index contributed by atoms with van der Waals surface area (Å²) in [4.78, 5) is 22.2. The number of non-ortho nitro benzene ring substituents is 1. The van der Waals surface area contributed by atoms with Gasteiger partial charge in [-0.3, -0.25) is 14.9 Å². The fourth-order valence-electron chi connectivity index (χ4n) is 2.24. The minimum atomic E-state index is -0.671. The molecule has 0 bridgehead atoms. The van der Waals surface area contributed by atoms with E-state index in [2.05, 4.69) is 5.32 Å². The maximum absolute atomic E-state index is 13.0. The molecule has 0 saturated carbocycles. The Bertz CT molecular complexity index is 1050. The number of nitro groups is 1. The third-order valence-electron chi connectivity index (χ3n) is 3.59. The number of ether oxygens (including phenoxy) is 1. The summed E-state index contributed by atoms with van der Waals surface area (Å²) in [6, 6.07) is 9.82. The minimum absolute atomic E-state index is 0.0112. The van der Waals surface area contributed by atoms with Crippen molar-refractivity contribution in [2.75, 3.05) is 5.32 Å². The predicted octanol–water partition coefficient (Wildman–Crippen LogP) is 4.52. The number of halogens is 2. The second-order valence-electron chi connectivity index (χ2n) is 5.54. The molecule has 0 saturated heterocycles. The number of phenols is 1. The summed E-state index contributed by atoms with van der Waals surface area (Å²) in [5.74, 6) is -1.14. The lowest BCUT2D eigenvalue weighted by molar-refractivity contribution is -0.384. The van der Waals surface area contributed by atoms with Gasteiger partial charge in [-0.1, -0.05) is 11.6 Å². The monoisotopic (exact) mass is 406 g/mol. The van der Waals surface area contributed by atoms with Gasteiger partial charge in [0.05, 0.1) is 21.7 Å². The fourth-order valence-corrected chi connectivity index (χ4v) is 2.46. The third kappa shape index (κ3) is 4.38. The van der Waals surface area contributed by atoms with Crippen LogP contribution in [0, 0.1) is 15.9 Å². The first-order chi connectivity index (χ1) is 13.3. The van der Waals surface area contributed by atoms with Crippen molar-refractivity contribution in [2.24, 2.45) is 0 Å². The van der Waals surface area contributed by atoms with E-state index in [0.29, 0.717) is 5.76 Å². The summed E-state index contributed by atoms with van der Waals surface area (Å²) in [6.07, 6.45) is 0. The normalized spacial score (nSPS) is 10.5. The third-order valence-corrected chi connectivity index (χ3v) is 3.89. The highest BCUT2D eigenvalue weighted by Crippen LogP contribution is 2.29. The lowest BCUT2D eigenvalue weighted by Gasteiger charge is -2.07. The molecule has 3 aromatic rings. The number of rotatable bonds is 6. The van der Waals surface area contributed by atoms with Crippen LogP contribution in [0.25, 0.3) is 0 Å². The molecule has 1 aromatic heterocycles. The highest BCUT2D eigenvalue weighted by atomic mass is 35.5. The van der Waals surface area contributed by atoms with E-state index in [1.54, 1.807) is 0 Å². The Kier molecular flexibility index (Phi) is 5.46. The second kappa shape index (κ2) is 7.97. The van der Waals surface area contributed by atoms with Gasteiger partial charge >= 0.3 is 0 Å². The number of benzene rings is 2. The van der Waals surface area contributed by atoms with Crippen molar-refractivity contribution in [1.82, 2.24) is 0 Å². The van der Waals surface area contributed by atoms with Gasteiger partial charge in [0.1, 0.15) is 29.7 Å². The number of hydrogen-bond acceptors (Lipinski definition) is 6. The maximum atomic E-state index is 13.0. The van der Waals surface area contributed by atoms with Gasteiger partial charge in [0.25, 0.3) is 11.6 Å². The molecule has 0 unspecified atom stereocenters. The van der Waals surface area contributed by atoms with E-state index in [-0.39, 0.29) is 34.5 Å². The van der Waals surface area contributed by atoms with Crippen LogP contribution in [0.3, 0.4) is 0 Å². The largest absolute Gasteiger partial charge is 0.506 e. The van der Waals surface area contributed by atoms with Crippen LogP contribution in [0.4, 0.5) is 15.8 Å². The molecule has 0 aliphatic carbocycles. The first kappa shape index (κ1) is 19.2. The van der Waals surface area contributed by atoms with Crippen LogP contribution in [0.15, 0.2) is 52.9 Å². The first-order valence-electron chi connectivity index (χ1n) is 7.79. The van der Waals surface area contributed by atoms with Gasteiger partial charge in [-0.2, -0.15) is 0 Å². The van der Waals surface area contributed by atoms with Crippen molar-refractivity contribution in [3.63, 3.8) is 0 Å². The lowest BCUT2D eigenvalue weighted by Crippen LogP contribution is -2.11. The van der Waals surface area contributed by atoms with Crippen LogP contribution < -0.4 is 10.1 Å². The average molecular weight is 407 g/mol. The number of phenolic OH excluding ortho intramolecular Hbond substituents is 1. The summed E-state index contributed by atoms with van der Waals surface area (Å²) >= 11 is 5.86. The average Bonchev–Trinajstić information content (AvgIpc) is 3.11. The number of nitro benzene ring substituents is 1. The zero-order valence-corrected chi connectivity index (χ0v) is 14.8. The van der Waals surface area contributed by atoms with Gasteiger partial charge < -0.3 is 19.6 Å². The van der Waals surface area contributed by atoms with Crippen molar-refractivity contribution in [1.29, 1.82) is 0 Å². The minimum Gasteiger partial charge on any atom is -0.506 e. The highest BCUT2D eigenvalue weighted by Gasteiger charge is 2.16. The number of amides is 1. The summed E-state index contributed by atoms with van der Waals surface area (Å²) in [6.45, 7) is -0.0542. The Hall–Kier alpha value is -3.59. The molecule has 0 fully saturated rings. The molecule has 2 N–H and O–H groups in total. The smallest absolute Gasteiger partial charge is 0.291 e. The van der Waals surface area contributed by atoms with Crippen molar-refractivity contribution < 1.29 is 28.4 Å². The quantitative estimate of drug-likeness (QED) is 0.353. The molecule has 1 amide bonds. The standard InChI is InChI=1S/C18H12ClFN2O6/c19-13-7-10(20)1-5-16(13)27-9-12-3-6-17(28-12)18(24)21-14-4-2-11(22(25)26)8-15(14)23/h1-8,23H,9H2,(H,21,24). The van der Waals surface area contributed by atoms with Gasteiger partial charge in [-0.05, 0) is 36.4 Å². The Morgan fingerprint density at radius 3 is 2.71 bits per heavy atom. The number of carbonyl (C=O) groups is 1. The topological polar surface area (TPSA) is 115 Å². The van der Waals surface area contributed by atoms with E-state index in [1.807, 2.05) is 0 Å². The molecule has 144 valence electrons. The molecule has 28 heavy (non-hydrogen) atoms. The van der Waals surface area contributed by atoms with Crippen LogP contribution in [0.1, 0.15) is 16.3 Å². The van der Waals surface area contributed by atoms with Gasteiger partial charge in [0.2, 0.25) is 0 Å². The molecule has 0 atom stereocenters. The number of hydrogen-bond donors (Lipinski definition) is 2. The summed E-state index contributed by atoms with van der Waals surface area (Å²) < 4.78 is 23.8. The van der Waals surface area contributed by atoms with E-state index in [0.717, 1.165) is 18.2 Å². The van der Waals surface area contributed by atoms with Crippen LogP contribution in [0.5, 0.6) is 11.5 Å². The van der Waals surface area contributed by atoms with E-state index < -0.39 is 22.4 Å². The number of furan rings is 1. The van der Waals surface area contributed by atoms with Crippen LogP contribution >= 0.6 is 11.6 Å². The van der Waals surface area contributed by atoms with Gasteiger partial charge in [0, 0.05) is 6.07 Å². The Morgan fingerprint density at radius 1 is 1.25 bits per heavy atom. The van der Waals surface area contributed by atoms with Crippen molar-refractivity contribution in [2.45, 2.75) is 6.61 Å². The van der Waals surface area contributed by atoms with Crippen molar-refractivity contribution in [3.8, 4) is 11.5 Å². The van der Waals surface area contributed by atoms with Crippen LogP contribution in [-0.2, 0) is 6.61 Å². The fraction of sp³-hybridized carbons (Fsp3) is 0.0556. The number of nitrogens with one attached hydrogen (secondary N) is 1. The molecule has 1 heterocycles. The summed E-state index contributed by atoms with van der Waals surface area (Å²) in [5.41, 5.74) is -0.324. The predicted molar refractivity (Wildman–Crippen MR) is 97.2 cm³/mol.